The largest absolute Gasteiger partial charge is 0.233 e. The molecule has 0 rings (SSSR count). The lowest BCUT2D eigenvalue weighted by molar-refractivity contribution is 0.0688. The SMILES string of the molecule is CCCCCCCCCCCCC([O])CCCCCCCCCCC. The maximum absolute atomic E-state index is 12.0. The molecule has 0 spiro atoms. The summed E-state index contributed by atoms with van der Waals surface area (Å²) in [6.45, 7) is 4.55. The maximum Gasteiger partial charge on any atom is 0.0930 e. The van der Waals surface area contributed by atoms with E-state index in [0.717, 1.165) is 12.8 Å². The Bertz CT molecular complexity index is 226. The van der Waals surface area contributed by atoms with Gasteiger partial charge in [0.25, 0.3) is 0 Å². The molecule has 0 heterocycles. The normalized spacial score (nSPS) is 12.6. The molecule has 0 fully saturated rings. The minimum atomic E-state index is -0.279. The molecule has 0 aromatic heterocycles. The van der Waals surface area contributed by atoms with Gasteiger partial charge in [-0.1, -0.05) is 136 Å². The molecule has 1 nitrogen and oxygen atoms in total. The molecular formula is C24H49O. The number of hydrogen-bond donors (Lipinski definition) is 0. The van der Waals surface area contributed by atoms with Crippen LogP contribution in [0.1, 0.15) is 149 Å². The fourth-order valence-electron chi connectivity index (χ4n) is 3.69. The minimum absolute atomic E-state index is 0.279. The minimum Gasteiger partial charge on any atom is -0.233 e. The van der Waals surface area contributed by atoms with Gasteiger partial charge in [0.2, 0.25) is 0 Å². The van der Waals surface area contributed by atoms with Crippen molar-refractivity contribution in [2.24, 2.45) is 0 Å². The zero-order valence-corrected chi connectivity index (χ0v) is 17.8. The van der Waals surface area contributed by atoms with E-state index >= 15 is 0 Å². The zero-order valence-electron chi connectivity index (χ0n) is 17.8. The average molecular weight is 354 g/mol. The van der Waals surface area contributed by atoms with Gasteiger partial charge in [-0.2, -0.15) is 0 Å². The Balaban J connectivity index is 3.12. The van der Waals surface area contributed by atoms with Crippen LogP contribution in [0.4, 0.5) is 0 Å². The van der Waals surface area contributed by atoms with Gasteiger partial charge >= 0.3 is 0 Å². The van der Waals surface area contributed by atoms with E-state index in [1.54, 1.807) is 0 Å². The van der Waals surface area contributed by atoms with Crippen molar-refractivity contribution in [2.75, 3.05) is 0 Å². The number of unbranched alkanes of at least 4 members (excludes halogenated alkanes) is 17. The van der Waals surface area contributed by atoms with Crippen LogP contribution in [0.2, 0.25) is 0 Å². The molecule has 151 valence electrons. The summed E-state index contributed by atoms with van der Waals surface area (Å²) in [7, 11) is 0. The molecule has 0 aromatic carbocycles. The van der Waals surface area contributed by atoms with Crippen molar-refractivity contribution in [3.8, 4) is 0 Å². The Labute approximate surface area is 160 Å². The third kappa shape index (κ3) is 21.9. The molecule has 1 radical (unpaired) electrons. The van der Waals surface area contributed by atoms with Crippen LogP contribution >= 0.6 is 0 Å². The Morgan fingerprint density at radius 3 is 0.920 bits per heavy atom. The Hall–Kier alpha value is -0.0400. The second-order valence-electron chi connectivity index (χ2n) is 8.21. The van der Waals surface area contributed by atoms with Crippen molar-refractivity contribution in [1.29, 1.82) is 0 Å². The van der Waals surface area contributed by atoms with Gasteiger partial charge in [-0.15, -0.1) is 0 Å². The summed E-state index contributed by atoms with van der Waals surface area (Å²) in [5, 5.41) is 12.0. The van der Waals surface area contributed by atoms with Crippen molar-refractivity contribution < 1.29 is 5.11 Å². The first-order valence-electron chi connectivity index (χ1n) is 12.0. The van der Waals surface area contributed by atoms with Crippen LogP contribution < -0.4 is 0 Å². The zero-order chi connectivity index (χ0) is 18.4. The molecule has 25 heavy (non-hydrogen) atoms. The van der Waals surface area contributed by atoms with Crippen LogP contribution in [0, 0.1) is 0 Å². The van der Waals surface area contributed by atoms with E-state index < -0.39 is 0 Å². The lowest BCUT2D eigenvalue weighted by atomic mass is 10.0. The van der Waals surface area contributed by atoms with Gasteiger partial charge in [-0.3, -0.25) is 0 Å². The molecule has 0 amide bonds. The first kappa shape index (κ1) is 25.0. The molecule has 0 aliphatic carbocycles. The third-order valence-corrected chi connectivity index (χ3v) is 5.51. The van der Waals surface area contributed by atoms with Gasteiger partial charge in [0.15, 0.2) is 0 Å². The van der Waals surface area contributed by atoms with Crippen LogP contribution in [0.25, 0.3) is 0 Å². The highest BCUT2D eigenvalue weighted by atomic mass is 16.3. The molecule has 0 aliphatic heterocycles. The summed E-state index contributed by atoms with van der Waals surface area (Å²) in [6.07, 6.45) is 27.3. The molecular weight excluding hydrogens is 304 g/mol. The highest BCUT2D eigenvalue weighted by molar-refractivity contribution is 4.57. The molecule has 0 N–H and O–H groups in total. The van der Waals surface area contributed by atoms with Crippen molar-refractivity contribution in [2.45, 2.75) is 155 Å². The summed E-state index contributed by atoms with van der Waals surface area (Å²) in [6, 6.07) is 0. The fourth-order valence-corrected chi connectivity index (χ4v) is 3.69. The van der Waals surface area contributed by atoms with E-state index in [-0.39, 0.29) is 6.10 Å². The molecule has 0 bridgehead atoms. The lowest BCUT2D eigenvalue weighted by Gasteiger charge is -2.08. The molecule has 0 saturated heterocycles. The predicted octanol–water partition coefficient (Wildman–Crippen LogP) is 9.02. The van der Waals surface area contributed by atoms with E-state index in [9.17, 15) is 5.11 Å². The average Bonchev–Trinajstić information content (AvgIpc) is 2.62. The molecule has 0 saturated carbocycles. The molecule has 1 atom stereocenters. The quantitative estimate of drug-likeness (QED) is 0.183. The fraction of sp³-hybridized carbons (Fsp3) is 1.00. The Morgan fingerprint density at radius 2 is 0.640 bits per heavy atom. The molecule has 1 unspecified atom stereocenters. The first-order valence-corrected chi connectivity index (χ1v) is 12.0. The van der Waals surface area contributed by atoms with Gasteiger partial charge < -0.3 is 0 Å². The Kier molecular flexibility index (Phi) is 22.0. The monoisotopic (exact) mass is 353 g/mol. The second kappa shape index (κ2) is 22.0. The van der Waals surface area contributed by atoms with E-state index in [4.69, 9.17) is 0 Å². The van der Waals surface area contributed by atoms with Crippen molar-refractivity contribution in [3.63, 3.8) is 0 Å². The second-order valence-corrected chi connectivity index (χ2v) is 8.21. The summed E-state index contributed by atoms with van der Waals surface area (Å²) < 4.78 is 0. The standard InChI is InChI=1S/C24H49O/c1-3-5-7-9-11-13-15-17-19-21-23-24(25)22-20-18-16-14-12-10-8-6-4-2/h24H,3-23H2,1-2H3. The molecule has 1 heteroatoms. The van der Waals surface area contributed by atoms with Gasteiger partial charge in [-0.05, 0) is 12.8 Å². The summed E-state index contributed by atoms with van der Waals surface area (Å²) in [5.74, 6) is 0. The number of rotatable bonds is 21. The third-order valence-electron chi connectivity index (χ3n) is 5.51. The van der Waals surface area contributed by atoms with E-state index in [0.29, 0.717) is 0 Å². The van der Waals surface area contributed by atoms with Gasteiger partial charge in [0.05, 0.1) is 6.10 Å². The van der Waals surface area contributed by atoms with Gasteiger partial charge in [0.1, 0.15) is 0 Å². The molecule has 0 aliphatic rings. The maximum atomic E-state index is 12.0. The number of hydrogen-bond acceptors (Lipinski definition) is 0. The summed E-state index contributed by atoms with van der Waals surface area (Å²) in [5.41, 5.74) is 0. The Morgan fingerprint density at radius 1 is 0.400 bits per heavy atom. The van der Waals surface area contributed by atoms with E-state index in [1.165, 1.54) is 122 Å². The van der Waals surface area contributed by atoms with Gasteiger partial charge in [-0.25, -0.2) is 5.11 Å². The van der Waals surface area contributed by atoms with Crippen LogP contribution in [0.5, 0.6) is 0 Å². The smallest absolute Gasteiger partial charge is 0.0930 e. The lowest BCUT2D eigenvalue weighted by Crippen LogP contribution is -2.04. The topological polar surface area (TPSA) is 19.9 Å². The van der Waals surface area contributed by atoms with Crippen LogP contribution in [0.15, 0.2) is 0 Å². The first-order chi connectivity index (χ1) is 12.3. The van der Waals surface area contributed by atoms with Crippen LogP contribution in [0.3, 0.4) is 0 Å². The van der Waals surface area contributed by atoms with Crippen molar-refractivity contribution in [1.82, 2.24) is 0 Å². The van der Waals surface area contributed by atoms with Crippen molar-refractivity contribution in [3.05, 3.63) is 0 Å². The summed E-state index contributed by atoms with van der Waals surface area (Å²) >= 11 is 0. The summed E-state index contributed by atoms with van der Waals surface area (Å²) in [4.78, 5) is 0. The van der Waals surface area contributed by atoms with E-state index in [1.807, 2.05) is 0 Å². The highest BCUT2D eigenvalue weighted by Gasteiger charge is 2.05. The van der Waals surface area contributed by atoms with Crippen molar-refractivity contribution >= 4 is 0 Å². The van der Waals surface area contributed by atoms with Gasteiger partial charge in [0, 0.05) is 0 Å². The highest BCUT2D eigenvalue weighted by Crippen LogP contribution is 2.15. The van der Waals surface area contributed by atoms with E-state index in [2.05, 4.69) is 13.8 Å². The van der Waals surface area contributed by atoms with Crippen LogP contribution in [-0.4, -0.2) is 6.10 Å². The predicted molar refractivity (Wildman–Crippen MR) is 113 cm³/mol. The molecule has 0 aromatic rings. The van der Waals surface area contributed by atoms with Crippen LogP contribution in [-0.2, 0) is 5.11 Å².